The van der Waals surface area contributed by atoms with Gasteiger partial charge in [-0.1, -0.05) is 88.4 Å². The molecule has 8 aromatic carbocycles. The lowest BCUT2D eigenvalue weighted by atomic mass is 9.71. The zero-order valence-corrected chi connectivity index (χ0v) is 65.2. The number of ketones is 2. The van der Waals surface area contributed by atoms with Crippen molar-refractivity contribution >= 4 is 35.4 Å². The van der Waals surface area contributed by atoms with Gasteiger partial charge in [0.05, 0.1) is 41.6 Å². The SMILES string of the molecule is CC(=O)c1ccc(Oc2ccc(C(=O)Oc3ccc(C(C)(c4ccccc4)c4ccc(OC(=O)c5ccc(Oc6ccc(C(C)=O)cc6)cc5)cc4)cc3)cc2)cc1.CCC(C)C(=O)OCCC(F)(F)C(F)(F)C(F)(F)C(F)(F)C(F)(F)C(F)(F)F.CCC(C)C(=O)OCOC(C)(C)C.Cc1cc(C)c(C)c(OC(C)(C)C)c1. The Bertz CT molecular complexity index is 4300. The zero-order valence-electron chi connectivity index (χ0n) is 65.2. The highest BCUT2D eigenvalue weighted by Crippen LogP contribution is 2.61. The van der Waals surface area contributed by atoms with Crippen LogP contribution >= 0.6 is 0 Å². The lowest BCUT2D eigenvalue weighted by Gasteiger charge is -2.39. The van der Waals surface area contributed by atoms with Crippen LogP contribution in [0.25, 0.3) is 0 Å². The molecule has 0 N–H and O–H groups in total. The Morgan fingerprint density at radius 2 is 0.743 bits per heavy atom. The molecular formula is C86H91F13O14. The van der Waals surface area contributed by atoms with Crippen LogP contribution in [0.15, 0.2) is 188 Å². The van der Waals surface area contributed by atoms with Crippen molar-refractivity contribution in [1.82, 2.24) is 0 Å². The molecule has 0 radical (unpaired) electrons. The molecule has 27 heteroatoms. The fourth-order valence-electron chi connectivity index (χ4n) is 9.98. The van der Waals surface area contributed by atoms with E-state index in [4.69, 9.17) is 33.2 Å². The van der Waals surface area contributed by atoms with Crippen LogP contribution in [-0.2, 0) is 29.2 Å². The van der Waals surface area contributed by atoms with Crippen molar-refractivity contribution in [1.29, 1.82) is 0 Å². The summed E-state index contributed by atoms with van der Waals surface area (Å²) in [6.07, 6.45) is -9.11. The molecule has 0 aromatic heterocycles. The Balaban J connectivity index is 0.000000340. The number of esters is 4. The van der Waals surface area contributed by atoms with Gasteiger partial charge in [0, 0.05) is 16.5 Å². The minimum Gasteiger partial charge on any atom is -0.488 e. The third-order valence-electron chi connectivity index (χ3n) is 17.4. The van der Waals surface area contributed by atoms with Crippen molar-refractivity contribution in [3.8, 4) is 40.2 Å². The molecule has 0 aliphatic rings. The van der Waals surface area contributed by atoms with Gasteiger partial charge in [-0.15, -0.1) is 0 Å². The number of halogens is 13. The zero-order chi connectivity index (χ0) is 85.0. The summed E-state index contributed by atoms with van der Waals surface area (Å²) in [4.78, 5) is 71.6. The molecule has 0 fully saturated rings. The number of hydrogen-bond acceptors (Lipinski definition) is 14. The van der Waals surface area contributed by atoms with Crippen LogP contribution in [0.5, 0.6) is 40.2 Å². The molecule has 610 valence electrons. The number of carbonyl (C=O) groups excluding carboxylic acids is 6. The average molecular weight is 1600 g/mol. The molecule has 0 heterocycles. The topological polar surface area (TPSA) is 176 Å². The molecule has 113 heavy (non-hydrogen) atoms. The van der Waals surface area contributed by atoms with Gasteiger partial charge in [-0.2, -0.15) is 57.1 Å². The van der Waals surface area contributed by atoms with E-state index >= 15 is 0 Å². The normalized spacial score (nSPS) is 12.6. The first-order valence-electron chi connectivity index (χ1n) is 35.5. The standard InChI is InChI=1S/C50H38O8.C13H13F13O2.C13H20O.C10H20O3/c1-33(51)35-9-21-42(22-10-35)55-44-25-13-37(14-26-44)48(53)57-46-29-17-40(18-30-46)50(3,39-7-5-4-6-8-39)41-19-31-47(32-20-41)58-49(54)38-15-27-45(28-16-38)56-43-23-11-36(12-24-43)34(2)52;1-3-6(2)7(27)28-5-4-8(14,15)9(16,17)10(18,19)11(20,21)12(22,23)13(24,25)26;1-9-7-10(2)11(3)12(8-9)14-13(4,5)6;1-6-8(2)9(11)12-7-13-10(3,4)5/h4-32H,1-3H3;6H,3-5H2,1-2H3;7-8H,1-6H3;8H,6-7H2,1-5H3. The Morgan fingerprint density at radius 1 is 0.398 bits per heavy atom. The first-order chi connectivity index (χ1) is 52.3. The van der Waals surface area contributed by atoms with Gasteiger partial charge in [-0.25, -0.2) is 9.59 Å². The Hall–Kier alpha value is -10.6. The van der Waals surface area contributed by atoms with Crippen molar-refractivity contribution in [2.45, 2.75) is 182 Å². The maximum absolute atomic E-state index is 13.4. The summed E-state index contributed by atoms with van der Waals surface area (Å²) in [6, 6.07) is 56.1. The van der Waals surface area contributed by atoms with E-state index in [1.165, 1.54) is 44.4 Å². The van der Waals surface area contributed by atoms with E-state index in [-0.39, 0.29) is 47.9 Å². The molecule has 0 saturated carbocycles. The minimum atomic E-state index is -7.93. The van der Waals surface area contributed by atoms with Crippen LogP contribution in [0.1, 0.15) is 184 Å². The summed E-state index contributed by atoms with van der Waals surface area (Å²) in [5.74, 6) is -36.6. The Morgan fingerprint density at radius 3 is 1.09 bits per heavy atom. The first-order valence-corrected chi connectivity index (χ1v) is 35.5. The maximum Gasteiger partial charge on any atom is 0.460 e. The van der Waals surface area contributed by atoms with Crippen molar-refractivity contribution in [2.75, 3.05) is 13.4 Å². The van der Waals surface area contributed by atoms with Gasteiger partial charge in [0.25, 0.3) is 0 Å². The van der Waals surface area contributed by atoms with E-state index in [0.29, 0.717) is 56.8 Å². The van der Waals surface area contributed by atoms with Crippen LogP contribution < -0.4 is 23.7 Å². The van der Waals surface area contributed by atoms with Crippen molar-refractivity contribution in [3.63, 3.8) is 0 Å². The summed E-state index contributed by atoms with van der Waals surface area (Å²) in [7, 11) is 0. The van der Waals surface area contributed by atoms with Crippen LogP contribution in [0, 0.1) is 32.6 Å². The van der Waals surface area contributed by atoms with E-state index in [1.54, 1.807) is 121 Å². The lowest BCUT2D eigenvalue weighted by Crippen LogP contribution is -2.70. The highest BCUT2D eigenvalue weighted by Gasteiger charge is 2.90. The van der Waals surface area contributed by atoms with E-state index in [9.17, 15) is 85.8 Å². The number of ether oxygens (including phenoxy) is 8. The Labute approximate surface area is 648 Å². The number of Topliss-reactive ketones (excluding diaryl/α,β-unsaturated/α-hetero) is 2. The van der Waals surface area contributed by atoms with Gasteiger partial charge in [0.15, 0.2) is 18.4 Å². The molecule has 0 aliphatic heterocycles. The van der Waals surface area contributed by atoms with Gasteiger partial charge in [0.2, 0.25) is 0 Å². The molecule has 8 rings (SSSR count). The van der Waals surface area contributed by atoms with Crippen LogP contribution in [0.4, 0.5) is 57.1 Å². The van der Waals surface area contributed by atoms with Gasteiger partial charge in [-0.3, -0.25) is 19.2 Å². The highest BCUT2D eigenvalue weighted by atomic mass is 19.4. The van der Waals surface area contributed by atoms with E-state index in [0.717, 1.165) is 28.9 Å². The van der Waals surface area contributed by atoms with E-state index in [2.05, 4.69) is 77.5 Å². The largest absolute Gasteiger partial charge is 0.488 e. The third kappa shape index (κ3) is 25.2. The molecule has 2 atom stereocenters. The first kappa shape index (κ1) is 93.0. The summed E-state index contributed by atoms with van der Waals surface area (Å²) in [5.41, 5.74) is 7.67. The average Bonchev–Trinajstić information content (AvgIpc) is 0.710. The number of alkyl halides is 13. The van der Waals surface area contributed by atoms with Crippen LogP contribution in [0.3, 0.4) is 0 Å². The van der Waals surface area contributed by atoms with Crippen LogP contribution in [-0.4, -0.2) is 95.8 Å². The van der Waals surface area contributed by atoms with Crippen molar-refractivity contribution < 1.29 is 124 Å². The molecule has 0 bridgehead atoms. The predicted molar refractivity (Wildman–Crippen MR) is 399 cm³/mol. The van der Waals surface area contributed by atoms with Gasteiger partial charge in [0.1, 0.15) is 45.8 Å². The second kappa shape index (κ2) is 38.8. The molecule has 0 amide bonds. The quantitative estimate of drug-likeness (QED) is 0.0119. The molecule has 0 spiro atoms. The summed E-state index contributed by atoms with van der Waals surface area (Å²) < 4.78 is 210. The van der Waals surface area contributed by atoms with Crippen molar-refractivity contribution in [3.05, 3.63) is 244 Å². The van der Waals surface area contributed by atoms with Gasteiger partial charge >= 0.3 is 59.7 Å². The molecule has 14 nitrogen and oxygen atoms in total. The fraction of sp³-hybridized carbons (Fsp3) is 0.372. The monoisotopic (exact) mass is 1590 g/mol. The lowest BCUT2D eigenvalue weighted by molar-refractivity contribution is -0.440. The maximum atomic E-state index is 13.4. The second-order valence-electron chi connectivity index (χ2n) is 28.5. The summed E-state index contributed by atoms with van der Waals surface area (Å²) in [6.45, 7) is 28.2. The number of aryl methyl sites for hydroxylation is 2. The number of hydrogen-bond donors (Lipinski definition) is 0. The minimum absolute atomic E-state index is 0.0226. The number of carbonyl (C=O) groups is 6. The molecule has 0 saturated heterocycles. The second-order valence-corrected chi connectivity index (χ2v) is 28.5. The predicted octanol–water partition coefficient (Wildman–Crippen LogP) is 23.3. The fourth-order valence-corrected chi connectivity index (χ4v) is 9.98. The number of benzene rings is 8. The van der Waals surface area contributed by atoms with E-state index in [1.807, 2.05) is 77.1 Å². The smallest absolute Gasteiger partial charge is 0.460 e. The summed E-state index contributed by atoms with van der Waals surface area (Å²) in [5, 5.41) is 0. The number of rotatable bonds is 27. The summed E-state index contributed by atoms with van der Waals surface area (Å²) >= 11 is 0. The highest BCUT2D eigenvalue weighted by molar-refractivity contribution is 5.95. The van der Waals surface area contributed by atoms with Crippen LogP contribution in [0.2, 0.25) is 0 Å². The molecule has 2 unspecified atom stereocenters. The van der Waals surface area contributed by atoms with Crippen molar-refractivity contribution in [2.24, 2.45) is 11.8 Å². The molecular weight excluding hydrogens is 1500 g/mol. The Kier molecular flexibility index (Phi) is 31.9. The van der Waals surface area contributed by atoms with E-state index < -0.39 is 78.1 Å². The molecule has 8 aromatic rings. The molecule has 0 aliphatic carbocycles. The third-order valence-corrected chi connectivity index (χ3v) is 17.4. The van der Waals surface area contributed by atoms with Gasteiger partial charge < -0.3 is 37.9 Å². The van der Waals surface area contributed by atoms with Gasteiger partial charge in [-0.05, 0) is 257 Å².